The van der Waals surface area contributed by atoms with Crippen molar-refractivity contribution < 1.29 is 9.32 Å². The van der Waals surface area contributed by atoms with Crippen molar-refractivity contribution in [2.75, 3.05) is 11.9 Å². The van der Waals surface area contributed by atoms with Gasteiger partial charge in [0.15, 0.2) is 0 Å². The highest BCUT2D eigenvalue weighted by atomic mass is 16.5. The van der Waals surface area contributed by atoms with Crippen LogP contribution in [0.4, 0.5) is 10.5 Å². The number of carbonyl (C=O) groups excluding carboxylic acids is 1. The summed E-state index contributed by atoms with van der Waals surface area (Å²) >= 11 is 0. The molecule has 0 bridgehead atoms. The summed E-state index contributed by atoms with van der Waals surface area (Å²) < 4.78 is 5.58. The van der Waals surface area contributed by atoms with E-state index in [0.29, 0.717) is 18.3 Å². The van der Waals surface area contributed by atoms with Gasteiger partial charge in [0, 0.05) is 17.8 Å². The molecule has 1 atom stereocenters. The maximum absolute atomic E-state index is 13.0. The lowest BCUT2D eigenvalue weighted by atomic mass is 10.0. The number of anilines is 1. The van der Waals surface area contributed by atoms with Gasteiger partial charge in [0.2, 0.25) is 11.7 Å². The average molecular weight is 390 g/mol. The second-order valence-corrected chi connectivity index (χ2v) is 7.51. The van der Waals surface area contributed by atoms with Crippen molar-refractivity contribution in [2.45, 2.75) is 45.6 Å². The third-order valence-corrected chi connectivity index (χ3v) is 5.38. The quantitative estimate of drug-likeness (QED) is 0.650. The second-order valence-electron chi connectivity index (χ2n) is 7.51. The monoisotopic (exact) mass is 390 g/mol. The molecule has 2 amide bonds. The van der Waals surface area contributed by atoms with Gasteiger partial charge >= 0.3 is 6.03 Å². The Hall–Kier alpha value is -3.15. The van der Waals surface area contributed by atoms with Gasteiger partial charge < -0.3 is 14.7 Å². The summed E-state index contributed by atoms with van der Waals surface area (Å²) in [5.74, 6) is 1.06. The molecule has 1 aliphatic heterocycles. The zero-order valence-electron chi connectivity index (χ0n) is 16.9. The van der Waals surface area contributed by atoms with Crippen LogP contribution < -0.4 is 5.32 Å². The van der Waals surface area contributed by atoms with Crippen LogP contribution in [0.15, 0.2) is 53.1 Å². The van der Waals surface area contributed by atoms with E-state index >= 15 is 0 Å². The molecule has 1 fully saturated rings. The maximum Gasteiger partial charge on any atom is 0.322 e. The van der Waals surface area contributed by atoms with Crippen molar-refractivity contribution in [1.29, 1.82) is 0 Å². The van der Waals surface area contributed by atoms with Gasteiger partial charge in [-0.05, 0) is 56.4 Å². The van der Waals surface area contributed by atoms with Gasteiger partial charge in [-0.2, -0.15) is 4.98 Å². The summed E-state index contributed by atoms with van der Waals surface area (Å²) in [5.41, 5.74) is 4.10. The van der Waals surface area contributed by atoms with Crippen LogP contribution in [0, 0.1) is 6.92 Å². The molecule has 0 aliphatic carbocycles. The number of urea groups is 1. The first-order valence-electron chi connectivity index (χ1n) is 10.2. The number of likely N-dealkylation sites (tertiary alicyclic amines) is 1. The molecule has 29 heavy (non-hydrogen) atoms. The molecule has 2 heterocycles. The number of carbonyl (C=O) groups is 1. The number of hydrogen-bond donors (Lipinski definition) is 1. The number of aromatic nitrogens is 2. The number of piperidine rings is 1. The maximum atomic E-state index is 13.0. The Kier molecular flexibility index (Phi) is 5.60. The van der Waals surface area contributed by atoms with Crippen molar-refractivity contribution in [3.8, 4) is 11.4 Å². The summed E-state index contributed by atoms with van der Waals surface area (Å²) in [7, 11) is 0. The standard InChI is InChI=1S/C23H26N4O2/c1-3-17-10-12-19(13-11-17)24-23(28)27-14-5-4-9-20(27)22-25-21(26-29-22)18-8-6-7-16(2)15-18/h6-8,10-13,15,20H,3-5,9,14H2,1-2H3,(H,24,28). The predicted molar refractivity (Wildman–Crippen MR) is 113 cm³/mol. The molecular formula is C23H26N4O2. The fourth-order valence-electron chi connectivity index (χ4n) is 3.72. The van der Waals surface area contributed by atoms with E-state index in [2.05, 4.69) is 22.4 Å². The lowest BCUT2D eigenvalue weighted by molar-refractivity contribution is 0.142. The second kappa shape index (κ2) is 8.47. The highest BCUT2D eigenvalue weighted by Crippen LogP contribution is 2.31. The molecule has 0 spiro atoms. The number of nitrogens with zero attached hydrogens (tertiary/aromatic N) is 3. The van der Waals surface area contributed by atoms with E-state index in [1.165, 1.54) is 5.56 Å². The molecule has 4 rings (SSSR count). The zero-order valence-corrected chi connectivity index (χ0v) is 16.9. The minimum atomic E-state index is -0.204. The predicted octanol–water partition coefficient (Wildman–Crippen LogP) is 5.37. The van der Waals surface area contributed by atoms with Crippen LogP contribution in [0.2, 0.25) is 0 Å². The minimum absolute atomic E-state index is 0.130. The summed E-state index contributed by atoms with van der Waals surface area (Å²) in [4.78, 5) is 19.4. The molecule has 1 aliphatic rings. The Morgan fingerprint density at radius 3 is 2.79 bits per heavy atom. The molecule has 1 N–H and O–H groups in total. The number of aryl methyl sites for hydroxylation is 2. The van der Waals surface area contributed by atoms with E-state index < -0.39 is 0 Å². The summed E-state index contributed by atoms with van der Waals surface area (Å²) in [6.07, 6.45) is 3.79. The van der Waals surface area contributed by atoms with E-state index in [-0.39, 0.29) is 12.1 Å². The van der Waals surface area contributed by atoms with E-state index in [4.69, 9.17) is 4.52 Å². The van der Waals surface area contributed by atoms with Crippen LogP contribution in [0.25, 0.3) is 11.4 Å². The summed E-state index contributed by atoms with van der Waals surface area (Å²) in [5, 5.41) is 7.16. The number of benzene rings is 2. The van der Waals surface area contributed by atoms with Crippen molar-refractivity contribution in [3.63, 3.8) is 0 Å². The zero-order chi connectivity index (χ0) is 20.2. The fourth-order valence-corrected chi connectivity index (χ4v) is 3.72. The first kappa shape index (κ1) is 19.2. The van der Waals surface area contributed by atoms with Gasteiger partial charge in [-0.3, -0.25) is 0 Å². The number of rotatable bonds is 4. The van der Waals surface area contributed by atoms with Gasteiger partial charge in [-0.1, -0.05) is 48.0 Å². The molecule has 2 aromatic carbocycles. The molecule has 0 saturated carbocycles. The largest absolute Gasteiger partial charge is 0.337 e. The van der Waals surface area contributed by atoms with Gasteiger partial charge in [0.25, 0.3) is 0 Å². The van der Waals surface area contributed by atoms with Gasteiger partial charge in [-0.25, -0.2) is 4.79 Å². The Bertz CT molecular complexity index is 981. The molecule has 1 aromatic heterocycles. The van der Waals surface area contributed by atoms with Crippen molar-refractivity contribution in [2.24, 2.45) is 0 Å². The number of hydrogen-bond acceptors (Lipinski definition) is 4. The third kappa shape index (κ3) is 4.31. The van der Waals surface area contributed by atoms with Gasteiger partial charge in [-0.15, -0.1) is 0 Å². The molecule has 6 heteroatoms. The molecular weight excluding hydrogens is 364 g/mol. The lowest BCUT2D eigenvalue weighted by Gasteiger charge is -2.33. The minimum Gasteiger partial charge on any atom is -0.337 e. The summed E-state index contributed by atoms with van der Waals surface area (Å²) in [6, 6.07) is 15.6. The molecule has 150 valence electrons. The highest BCUT2D eigenvalue weighted by molar-refractivity contribution is 5.89. The van der Waals surface area contributed by atoms with Crippen LogP contribution in [-0.4, -0.2) is 27.6 Å². The normalized spacial score (nSPS) is 16.6. The smallest absolute Gasteiger partial charge is 0.322 e. The van der Waals surface area contributed by atoms with Crippen LogP contribution in [-0.2, 0) is 6.42 Å². The molecule has 6 nitrogen and oxygen atoms in total. The first-order valence-corrected chi connectivity index (χ1v) is 10.2. The van der Waals surface area contributed by atoms with Crippen molar-refractivity contribution in [1.82, 2.24) is 15.0 Å². The highest BCUT2D eigenvalue weighted by Gasteiger charge is 2.32. The van der Waals surface area contributed by atoms with E-state index in [9.17, 15) is 4.79 Å². The van der Waals surface area contributed by atoms with Crippen LogP contribution in [0.1, 0.15) is 49.2 Å². The van der Waals surface area contributed by atoms with E-state index in [1.54, 1.807) is 0 Å². The first-order chi connectivity index (χ1) is 14.1. The SMILES string of the molecule is CCc1ccc(NC(=O)N2CCCCC2c2nc(-c3cccc(C)c3)no2)cc1. The van der Waals surface area contributed by atoms with Crippen LogP contribution in [0.3, 0.4) is 0 Å². The fraction of sp³-hybridized carbons (Fsp3) is 0.348. The topological polar surface area (TPSA) is 71.3 Å². The Balaban J connectivity index is 1.52. The Morgan fingerprint density at radius 1 is 1.21 bits per heavy atom. The Labute approximate surface area is 170 Å². The van der Waals surface area contributed by atoms with E-state index in [1.807, 2.05) is 60.4 Å². The molecule has 3 aromatic rings. The lowest BCUT2D eigenvalue weighted by Crippen LogP contribution is -2.41. The molecule has 1 saturated heterocycles. The molecule has 1 unspecified atom stereocenters. The molecule has 0 radical (unpaired) electrons. The third-order valence-electron chi connectivity index (χ3n) is 5.38. The van der Waals surface area contributed by atoms with Gasteiger partial charge in [0.1, 0.15) is 6.04 Å². The van der Waals surface area contributed by atoms with Crippen molar-refractivity contribution in [3.05, 3.63) is 65.5 Å². The number of amides is 2. The van der Waals surface area contributed by atoms with Crippen molar-refractivity contribution >= 4 is 11.7 Å². The van der Waals surface area contributed by atoms with Crippen LogP contribution >= 0.6 is 0 Å². The summed E-state index contributed by atoms with van der Waals surface area (Å²) in [6.45, 7) is 4.82. The Morgan fingerprint density at radius 2 is 2.03 bits per heavy atom. The van der Waals surface area contributed by atoms with Crippen LogP contribution in [0.5, 0.6) is 0 Å². The van der Waals surface area contributed by atoms with E-state index in [0.717, 1.165) is 42.5 Å². The number of nitrogens with one attached hydrogen (secondary N) is 1. The van der Waals surface area contributed by atoms with Gasteiger partial charge in [0.05, 0.1) is 0 Å². The average Bonchev–Trinajstić information content (AvgIpc) is 3.24.